The van der Waals surface area contributed by atoms with E-state index in [0.717, 1.165) is 12.8 Å². The smallest absolute Gasteiger partial charge is 0.322 e. The number of para-hydroxylation sites is 2. The van der Waals surface area contributed by atoms with Crippen molar-refractivity contribution in [3.63, 3.8) is 0 Å². The number of anilines is 1. The van der Waals surface area contributed by atoms with E-state index in [1.165, 1.54) is 0 Å². The average Bonchev–Trinajstić information content (AvgIpc) is 2.87. The van der Waals surface area contributed by atoms with Crippen molar-refractivity contribution in [3.8, 4) is 5.75 Å². The highest BCUT2D eigenvalue weighted by atomic mass is 16.3. The number of urea groups is 1. The van der Waals surface area contributed by atoms with Crippen LogP contribution in [0.15, 0.2) is 24.3 Å². The zero-order chi connectivity index (χ0) is 10.5. The predicted octanol–water partition coefficient (Wildman–Crippen LogP) is 1.45. The maximum Gasteiger partial charge on any atom is 0.322 e. The minimum absolute atomic E-state index is 0.000630. The molecule has 1 saturated heterocycles. The molecule has 2 N–H and O–H groups in total. The molecule has 2 amide bonds. The Bertz CT molecular complexity index is 426. The predicted molar refractivity (Wildman–Crippen MR) is 55.9 cm³/mol. The van der Waals surface area contributed by atoms with Gasteiger partial charge in [-0.05, 0) is 25.0 Å². The average molecular weight is 204 g/mol. The molecule has 1 aromatic carbocycles. The molecular formula is C11H12N2O2. The topological polar surface area (TPSA) is 52.6 Å². The second-order valence-electron chi connectivity index (χ2n) is 4.29. The third kappa shape index (κ3) is 1.25. The van der Waals surface area contributed by atoms with Gasteiger partial charge in [0.2, 0.25) is 0 Å². The van der Waals surface area contributed by atoms with E-state index in [1.807, 2.05) is 6.07 Å². The summed E-state index contributed by atoms with van der Waals surface area (Å²) in [6.45, 7) is 0.670. The largest absolute Gasteiger partial charge is 0.506 e. The maximum absolute atomic E-state index is 11.7. The number of aromatic hydroxyl groups is 1. The van der Waals surface area contributed by atoms with E-state index >= 15 is 0 Å². The molecule has 0 unspecified atom stereocenters. The van der Waals surface area contributed by atoms with Crippen molar-refractivity contribution >= 4 is 11.7 Å². The molecule has 0 aromatic heterocycles. The van der Waals surface area contributed by atoms with Crippen LogP contribution in [0.25, 0.3) is 0 Å². The summed E-state index contributed by atoms with van der Waals surface area (Å²) >= 11 is 0. The van der Waals surface area contributed by atoms with E-state index in [1.54, 1.807) is 23.1 Å². The lowest BCUT2D eigenvalue weighted by Gasteiger charge is -2.15. The Kier molecular flexibility index (Phi) is 1.52. The van der Waals surface area contributed by atoms with E-state index in [-0.39, 0.29) is 17.3 Å². The lowest BCUT2D eigenvalue weighted by atomic mass is 10.2. The van der Waals surface area contributed by atoms with Crippen LogP contribution in [0.2, 0.25) is 0 Å². The first-order valence-corrected chi connectivity index (χ1v) is 5.08. The van der Waals surface area contributed by atoms with E-state index < -0.39 is 0 Å². The van der Waals surface area contributed by atoms with E-state index in [4.69, 9.17) is 0 Å². The number of hydrogen-bond acceptors (Lipinski definition) is 2. The molecule has 3 rings (SSSR count). The molecular weight excluding hydrogens is 192 g/mol. The fourth-order valence-electron chi connectivity index (χ4n) is 2.03. The number of phenols is 1. The third-order valence-corrected chi connectivity index (χ3v) is 3.10. The van der Waals surface area contributed by atoms with Crippen LogP contribution in [-0.2, 0) is 0 Å². The summed E-state index contributed by atoms with van der Waals surface area (Å²) in [4.78, 5) is 13.3. The molecule has 2 fully saturated rings. The molecule has 1 heterocycles. The summed E-state index contributed by atoms with van der Waals surface area (Å²) in [5, 5.41) is 12.6. The zero-order valence-corrected chi connectivity index (χ0v) is 8.23. The van der Waals surface area contributed by atoms with Gasteiger partial charge in [-0.25, -0.2) is 4.79 Å². The molecule has 0 bridgehead atoms. The van der Waals surface area contributed by atoms with Crippen LogP contribution in [0.3, 0.4) is 0 Å². The monoisotopic (exact) mass is 204 g/mol. The van der Waals surface area contributed by atoms with E-state index in [0.29, 0.717) is 12.2 Å². The fourth-order valence-corrected chi connectivity index (χ4v) is 2.03. The summed E-state index contributed by atoms with van der Waals surface area (Å²) in [6.07, 6.45) is 2.09. The van der Waals surface area contributed by atoms with Gasteiger partial charge in [0, 0.05) is 0 Å². The highest BCUT2D eigenvalue weighted by Gasteiger charge is 2.52. The van der Waals surface area contributed by atoms with Crippen LogP contribution in [-0.4, -0.2) is 23.2 Å². The highest BCUT2D eigenvalue weighted by molar-refractivity contribution is 5.97. The lowest BCUT2D eigenvalue weighted by molar-refractivity contribution is 0.250. The molecule has 4 heteroatoms. The molecule has 1 aliphatic carbocycles. The summed E-state index contributed by atoms with van der Waals surface area (Å²) in [6, 6.07) is 6.82. The van der Waals surface area contributed by atoms with Gasteiger partial charge in [0.05, 0.1) is 17.8 Å². The Labute approximate surface area is 87.5 Å². The Morgan fingerprint density at radius 1 is 1.33 bits per heavy atom. The van der Waals surface area contributed by atoms with Crippen molar-refractivity contribution in [2.24, 2.45) is 0 Å². The van der Waals surface area contributed by atoms with Crippen LogP contribution in [0.1, 0.15) is 12.8 Å². The Balaban J connectivity index is 1.95. The number of amides is 2. The molecule has 78 valence electrons. The van der Waals surface area contributed by atoms with Gasteiger partial charge in [0.1, 0.15) is 5.75 Å². The van der Waals surface area contributed by atoms with Crippen LogP contribution in [0.4, 0.5) is 10.5 Å². The minimum Gasteiger partial charge on any atom is -0.506 e. The SMILES string of the molecule is O=C1NC2(CC2)CN1c1ccccc1O. The van der Waals surface area contributed by atoms with Crippen molar-refractivity contribution in [1.29, 1.82) is 0 Å². The Morgan fingerprint density at radius 2 is 2.07 bits per heavy atom. The number of carbonyl (C=O) groups excluding carboxylic acids is 1. The summed E-state index contributed by atoms with van der Waals surface area (Å²) in [5.74, 6) is 0.158. The fraction of sp³-hybridized carbons (Fsp3) is 0.364. The number of benzene rings is 1. The maximum atomic E-state index is 11.7. The molecule has 1 spiro atoms. The molecule has 2 aliphatic rings. The summed E-state index contributed by atoms with van der Waals surface area (Å²) < 4.78 is 0. The van der Waals surface area contributed by atoms with Crippen molar-refractivity contribution in [1.82, 2.24) is 5.32 Å². The Hall–Kier alpha value is -1.71. The number of nitrogens with zero attached hydrogens (tertiary/aromatic N) is 1. The lowest BCUT2D eigenvalue weighted by Crippen LogP contribution is -2.29. The van der Waals surface area contributed by atoms with Gasteiger partial charge in [-0.15, -0.1) is 0 Å². The summed E-state index contributed by atoms with van der Waals surface area (Å²) in [5.41, 5.74) is 0.595. The number of carbonyl (C=O) groups is 1. The third-order valence-electron chi connectivity index (χ3n) is 3.10. The van der Waals surface area contributed by atoms with Crippen molar-refractivity contribution in [3.05, 3.63) is 24.3 Å². The minimum atomic E-state index is -0.103. The van der Waals surface area contributed by atoms with Gasteiger partial charge < -0.3 is 10.4 Å². The van der Waals surface area contributed by atoms with Gasteiger partial charge in [-0.2, -0.15) is 0 Å². The zero-order valence-electron chi connectivity index (χ0n) is 8.23. The molecule has 4 nitrogen and oxygen atoms in total. The molecule has 1 aliphatic heterocycles. The van der Waals surface area contributed by atoms with Gasteiger partial charge in [0.15, 0.2) is 0 Å². The van der Waals surface area contributed by atoms with Crippen molar-refractivity contribution < 1.29 is 9.90 Å². The first-order chi connectivity index (χ1) is 7.20. The van der Waals surface area contributed by atoms with Crippen molar-refractivity contribution in [2.75, 3.05) is 11.4 Å². The van der Waals surface area contributed by atoms with Crippen molar-refractivity contribution in [2.45, 2.75) is 18.4 Å². The Morgan fingerprint density at radius 3 is 2.67 bits per heavy atom. The van der Waals surface area contributed by atoms with Gasteiger partial charge >= 0.3 is 6.03 Å². The van der Waals surface area contributed by atoms with Crippen LogP contribution in [0, 0.1) is 0 Å². The second kappa shape index (κ2) is 2.66. The van der Waals surface area contributed by atoms with Crippen LogP contribution in [0.5, 0.6) is 5.75 Å². The second-order valence-corrected chi connectivity index (χ2v) is 4.29. The number of phenolic OH excluding ortho intramolecular Hbond substituents is 1. The number of rotatable bonds is 1. The first-order valence-electron chi connectivity index (χ1n) is 5.08. The number of nitrogens with one attached hydrogen (secondary N) is 1. The van der Waals surface area contributed by atoms with Gasteiger partial charge in [-0.1, -0.05) is 12.1 Å². The first kappa shape index (κ1) is 8.59. The summed E-state index contributed by atoms with van der Waals surface area (Å²) in [7, 11) is 0. The van der Waals surface area contributed by atoms with Gasteiger partial charge in [0.25, 0.3) is 0 Å². The van der Waals surface area contributed by atoms with E-state index in [2.05, 4.69) is 5.32 Å². The molecule has 0 radical (unpaired) electrons. The van der Waals surface area contributed by atoms with Crippen LogP contribution >= 0.6 is 0 Å². The molecule has 1 saturated carbocycles. The van der Waals surface area contributed by atoms with E-state index in [9.17, 15) is 9.90 Å². The quantitative estimate of drug-likeness (QED) is 0.727. The molecule has 15 heavy (non-hydrogen) atoms. The molecule has 1 aromatic rings. The van der Waals surface area contributed by atoms with Crippen LogP contribution < -0.4 is 10.2 Å². The standard InChI is InChI=1S/C11H12N2O2/c14-9-4-2-1-3-8(9)13-7-11(5-6-11)12-10(13)15/h1-4,14H,5-7H2,(H,12,15). The van der Waals surface area contributed by atoms with Gasteiger partial charge in [-0.3, -0.25) is 4.90 Å². The normalized spacial score (nSPS) is 21.9. The highest BCUT2D eigenvalue weighted by Crippen LogP contribution is 2.42. The molecule has 0 atom stereocenters. The number of hydrogen-bond donors (Lipinski definition) is 2.